The molecule has 90 valence electrons. The van der Waals surface area contributed by atoms with Gasteiger partial charge in [0.2, 0.25) is 0 Å². The first-order chi connectivity index (χ1) is 8.35. The molecule has 0 aliphatic heterocycles. The second-order valence-corrected chi connectivity index (χ2v) is 3.48. The largest absolute Gasteiger partial charge is 0.492 e. The highest BCUT2D eigenvalue weighted by molar-refractivity contribution is 5.29. The quantitative estimate of drug-likeness (QED) is 0.802. The highest BCUT2D eigenvalue weighted by atomic mass is 16.5. The Kier molecular flexibility index (Phi) is 3.66. The number of hydrogen-bond donors (Lipinski definition) is 2. The summed E-state index contributed by atoms with van der Waals surface area (Å²) < 4.78 is 5.42. The second kappa shape index (κ2) is 5.40. The lowest BCUT2D eigenvalue weighted by molar-refractivity contribution is 0.338. The van der Waals surface area contributed by atoms with Crippen LogP contribution in [-0.4, -0.2) is 33.8 Å². The van der Waals surface area contributed by atoms with Gasteiger partial charge < -0.3 is 10.1 Å². The summed E-state index contributed by atoms with van der Waals surface area (Å²) in [6.45, 7) is 2.57. The molecule has 6 nitrogen and oxygen atoms in total. The third-order valence-corrected chi connectivity index (χ3v) is 2.37. The number of hydrogen-bond acceptors (Lipinski definition) is 5. The summed E-state index contributed by atoms with van der Waals surface area (Å²) in [4.78, 5) is 8.30. The Bertz CT molecular complexity index is 457. The summed E-state index contributed by atoms with van der Waals surface area (Å²) in [7, 11) is 1.86. The lowest BCUT2D eigenvalue weighted by Gasteiger charge is -2.14. The third kappa shape index (κ3) is 2.59. The normalized spacial score (nSPS) is 12.4. The van der Waals surface area contributed by atoms with Crippen LogP contribution in [0.2, 0.25) is 0 Å². The Balaban J connectivity index is 2.28. The van der Waals surface area contributed by atoms with Crippen LogP contribution in [0.15, 0.2) is 24.8 Å². The van der Waals surface area contributed by atoms with E-state index in [1.54, 1.807) is 12.4 Å². The fourth-order valence-corrected chi connectivity index (χ4v) is 1.65. The number of rotatable bonds is 5. The van der Waals surface area contributed by atoms with Gasteiger partial charge in [-0.05, 0) is 25.6 Å². The van der Waals surface area contributed by atoms with Gasteiger partial charge in [0.25, 0.3) is 0 Å². The van der Waals surface area contributed by atoms with Gasteiger partial charge in [-0.1, -0.05) is 0 Å². The van der Waals surface area contributed by atoms with Gasteiger partial charge in [0, 0.05) is 6.20 Å². The number of nitrogens with one attached hydrogen (secondary N) is 2. The molecule has 0 saturated heterocycles. The van der Waals surface area contributed by atoms with Gasteiger partial charge in [0.15, 0.2) is 0 Å². The average Bonchev–Trinajstić information content (AvgIpc) is 2.85. The van der Waals surface area contributed by atoms with Crippen LogP contribution in [0.3, 0.4) is 0 Å². The smallest absolute Gasteiger partial charge is 0.146 e. The minimum absolute atomic E-state index is 0.0644. The number of ether oxygens (including phenoxy) is 1. The Morgan fingerprint density at radius 2 is 2.35 bits per heavy atom. The maximum atomic E-state index is 5.42. The molecule has 0 spiro atoms. The van der Waals surface area contributed by atoms with Crippen LogP contribution >= 0.6 is 0 Å². The van der Waals surface area contributed by atoms with Crippen molar-refractivity contribution in [3.63, 3.8) is 0 Å². The van der Waals surface area contributed by atoms with Crippen LogP contribution in [0.1, 0.15) is 24.4 Å². The number of nitrogens with zero attached hydrogens (tertiary/aromatic N) is 3. The first kappa shape index (κ1) is 11.5. The molecule has 6 heteroatoms. The van der Waals surface area contributed by atoms with Crippen LogP contribution in [0.4, 0.5) is 0 Å². The van der Waals surface area contributed by atoms with Gasteiger partial charge in [-0.25, -0.2) is 4.98 Å². The first-order valence-electron chi connectivity index (χ1n) is 5.45. The number of aromatic amines is 1. The average molecular weight is 233 g/mol. The van der Waals surface area contributed by atoms with Crippen LogP contribution in [0, 0.1) is 0 Å². The van der Waals surface area contributed by atoms with Gasteiger partial charge >= 0.3 is 0 Å². The summed E-state index contributed by atoms with van der Waals surface area (Å²) in [5, 5.41) is 9.85. The molecular weight excluding hydrogens is 218 g/mol. The highest BCUT2D eigenvalue weighted by Crippen LogP contribution is 2.21. The van der Waals surface area contributed by atoms with E-state index in [0.29, 0.717) is 6.61 Å². The lowest BCUT2D eigenvalue weighted by Crippen LogP contribution is -2.19. The molecule has 0 amide bonds. The summed E-state index contributed by atoms with van der Waals surface area (Å²) >= 11 is 0. The fraction of sp³-hybridized carbons (Fsp3) is 0.364. The fourth-order valence-electron chi connectivity index (χ4n) is 1.65. The zero-order valence-electron chi connectivity index (χ0n) is 9.84. The maximum Gasteiger partial charge on any atom is 0.146 e. The van der Waals surface area contributed by atoms with E-state index in [-0.39, 0.29) is 6.04 Å². The van der Waals surface area contributed by atoms with Crippen molar-refractivity contribution >= 4 is 0 Å². The van der Waals surface area contributed by atoms with Gasteiger partial charge in [0.1, 0.15) is 17.9 Å². The van der Waals surface area contributed by atoms with E-state index in [4.69, 9.17) is 4.74 Å². The molecule has 17 heavy (non-hydrogen) atoms. The molecule has 1 unspecified atom stereocenters. The van der Waals surface area contributed by atoms with Crippen molar-refractivity contribution in [3.8, 4) is 5.75 Å². The minimum Gasteiger partial charge on any atom is -0.492 e. The predicted molar refractivity (Wildman–Crippen MR) is 62.7 cm³/mol. The van der Waals surface area contributed by atoms with Crippen molar-refractivity contribution < 1.29 is 4.74 Å². The van der Waals surface area contributed by atoms with Gasteiger partial charge in [-0.2, -0.15) is 5.10 Å². The molecule has 2 aromatic heterocycles. The molecule has 2 heterocycles. The monoisotopic (exact) mass is 233 g/mol. The topological polar surface area (TPSA) is 75.7 Å². The molecule has 0 aliphatic carbocycles. The highest BCUT2D eigenvalue weighted by Gasteiger charge is 2.15. The van der Waals surface area contributed by atoms with E-state index < -0.39 is 0 Å². The number of H-pyrrole nitrogens is 1. The molecule has 2 rings (SSSR count). The standard InChI is InChI=1S/C11H15N5O/c1-3-17-9-4-8(5-13-6-9)10(12-2)11-14-7-15-16-11/h4-7,10,12H,3H2,1-2H3,(H,14,15,16). The SMILES string of the molecule is CCOc1cncc(C(NC)c2ncn[nH]2)c1. The summed E-state index contributed by atoms with van der Waals surface area (Å²) in [6, 6.07) is 1.88. The molecule has 0 aliphatic rings. The van der Waals surface area contributed by atoms with Crippen molar-refractivity contribution in [1.29, 1.82) is 0 Å². The number of aromatic nitrogens is 4. The predicted octanol–water partition coefficient (Wildman–Crippen LogP) is 0.907. The summed E-state index contributed by atoms with van der Waals surface area (Å²) in [6.07, 6.45) is 4.96. The Labute approximate surface area is 99.4 Å². The Hall–Kier alpha value is -1.95. The van der Waals surface area contributed by atoms with E-state index in [1.165, 1.54) is 6.33 Å². The molecule has 2 aromatic rings. The Morgan fingerprint density at radius 3 is 3.00 bits per heavy atom. The number of pyridine rings is 1. The van der Waals surface area contributed by atoms with Crippen molar-refractivity contribution in [2.75, 3.05) is 13.7 Å². The van der Waals surface area contributed by atoms with Crippen LogP contribution in [-0.2, 0) is 0 Å². The molecule has 1 atom stereocenters. The zero-order chi connectivity index (χ0) is 12.1. The molecule has 0 fully saturated rings. The van der Waals surface area contributed by atoms with Crippen LogP contribution < -0.4 is 10.1 Å². The Morgan fingerprint density at radius 1 is 1.47 bits per heavy atom. The summed E-state index contributed by atoms with van der Waals surface area (Å²) in [5.74, 6) is 1.51. The van der Waals surface area contributed by atoms with Crippen LogP contribution in [0.5, 0.6) is 5.75 Å². The zero-order valence-corrected chi connectivity index (χ0v) is 9.84. The molecule has 0 bridgehead atoms. The van der Waals surface area contributed by atoms with Crippen molar-refractivity contribution in [2.45, 2.75) is 13.0 Å². The first-order valence-corrected chi connectivity index (χ1v) is 5.45. The van der Waals surface area contributed by atoms with E-state index >= 15 is 0 Å². The maximum absolute atomic E-state index is 5.42. The van der Waals surface area contributed by atoms with Gasteiger partial charge in [0.05, 0.1) is 18.8 Å². The lowest BCUT2D eigenvalue weighted by atomic mass is 10.1. The molecule has 0 radical (unpaired) electrons. The van der Waals surface area contributed by atoms with Gasteiger partial charge in [-0.3, -0.25) is 10.1 Å². The van der Waals surface area contributed by atoms with Gasteiger partial charge in [-0.15, -0.1) is 0 Å². The second-order valence-electron chi connectivity index (χ2n) is 3.48. The molecule has 2 N–H and O–H groups in total. The van der Waals surface area contributed by atoms with Crippen molar-refractivity contribution in [3.05, 3.63) is 36.2 Å². The minimum atomic E-state index is -0.0644. The summed E-state index contributed by atoms with van der Waals surface area (Å²) in [5.41, 5.74) is 0.982. The molecule has 0 aromatic carbocycles. The van der Waals surface area contributed by atoms with Crippen molar-refractivity contribution in [1.82, 2.24) is 25.5 Å². The van der Waals surface area contributed by atoms with Crippen LogP contribution in [0.25, 0.3) is 0 Å². The van der Waals surface area contributed by atoms with E-state index in [0.717, 1.165) is 17.1 Å². The van der Waals surface area contributed by atoms with E-state index in [1.807, 2.05) is 20.0 Å². The molecular formula is C11H15N5O. The third-order valence-electron chi connectivity index (χ3n) is 2.37. The van der Waals surface area contributed by atoms with E-state index in [2.05, 4.69) is 25.5 Å². The molecule has 0 saturated carbocycles. The van der Waals surface area contributed by atoms with E-state index in [9.17, 15) is 0 Å². The van der Waals surface area contributed by atoms with Crippen molar-refractivity contribution in [2.24, 2.45) is 0 Å².